The second-order valence-corrected chi connectivity index (χ2v) is 5.75. The molecular weight excluding hydrogens is 370 g/mol. The maximum absolute atomic E-state index is 11.8. The molecule has 0 spiro atoms. The number of hydrogen-bond donors (Lipinski definition) is 1. The van der Waals surface area contributed by atoms with Crippen LogP contribution in [0.1, 0.15) is 5.56 Å². The SMILES string of the molecule is O=C(COc1ccc2ccccc2c1Br)N/N=C\c1ccncc1. The first-order valence-corrected chi connectivity index (χ1v) is 8.05. The van der Waals surface area contributed by atoms with E-state index in [9.17, 15) is 4.79 Å². The minimum Gasteiger partial charge on any atom is -0.483 e. The van der Waals surface area contributed by atoms with Crippen LogP contribution >= 0.6 is 15.9 Å². The van der Waals surface area contributed by atoms with Crippen molar-refractivity contribution in [3.05, 3.63) is 71.0 Å². The molecule has 3 rings (SSSR count). The first-order chi connectivity index (χ1) is 11.7. The zero-order valence-corrected chi connectivity index (χ0v) is 14.2. The van der Waals surface area contributed by atoms with E-state index in [1.165, 1.54) is 0 Å². The number of amides is 1. The Morgan fingerprint density at radius 2 is 1.96 bits per heavy atom. The van der Waals surface area contributed by atoms with Gasteiger partial charge in [0.15, 0.2) is 6.61 Å². The lowest BCUT2D eigenvalue weighted by atomic mass is 10.1. The normalized spacial score (nSPS) is 10.9. The molecule has 0 aliphatic rings. The Labute approximate surface area is 147 Å². The van der Waals surface area contributed by atoms with Gasteiger partial charge >= 0.3 is 0 Å². The molecule has 1 heterocycles. The molecule has 0 saturated carbocycles. The molecule has 0 bridgehead atoms. The molecule has 0 aliphatic heterocycles. The van der Waals surface area contributed by atoms with Crippen LogP contribution in [0, 0.1) is 0 Å². The highest BCUT2D eigenvalue weighted by Crippen LogP contribution is 2.32. The van der Waals surface area contributed by atoms with E-state index in [0.717, 1.165) is 20.8 Å². The maximum Gasteiger partial charge on any atom is 0.277 e. The minimum atomic E-state index is -0.333. The number of hydrazone groups is 1. The monoisotopic (exact) mass is 383 g/mol. The summed E-state index contributed by atoms with van der Waals surface area (Å²) in [6.07, 6.45) is 4.86. The number of aromatic nitrogens is 1. The Balaban J connectivity index is 1.58. The molecule has 1 amide bonds. The molecule has 0 saturated heterocycles. The highest BCUT2D eigenvalue weighted by Gasteiger charge is 2.08. The summed E-state index contributed by atoms with van der Waals surface area (Å²) in [5.41, 5.74) is 3.28. The zero-order valence-electron chi connectivity index (χ0n) is 12.6. The van der Waals surface area contributed by atoms with Crippen LogP contribution in [0.25, 0.3) is 10.8 Å². The highest BCUT2D eigenvalue weighted by atomic mass is 79.9. The molecule has 120 valence electrons. The van der Waals surface area contributed by atoms with Crippen molar-refractivity contribution in [1.29, 1.82) is 0 Å². The van der Waals surface area contributed by atoms with Gasteiger partial charge in [-0.25, -0.2) is 5.43 Å². The van der Waals surface area contributed by atoms with Crippen LogP contribution in [0.5, 0.6) is 5.75 Å². The van der Waals surface area contributed by atoms with Crippen LogP contribution in [0.3, 0.4) is 0 Å². The Morgan fingerprint density at radius 3 is 2.79 bits per heavy atom. The quantitative estimate of drug-likeness (QED) is 0.541. The number of rotatable bonds is 5. The van der Waals surface area contributed by atoms with E-state index >= 15 is 0 Å². The highest BCUT2D eigenvalue weighted by molar-refractivity contribution is 9.10. The number of pyridine rings is 1. The van der Waals surface area contributed by atoms with E-state index in [-0.39, 0.29) is 12.5 Å². The lowest BCUT2D eigenvalue weighted by molar-refractivity contribution is -0.123. The summed E-state index contributed by atoms with van der Waals surface area (Å²) in [6, 6.07) is 15.3. The van der Waals surface area contributed by atoms with Gasteiger partial charge in [-0.1, -0.05) is 30.3 Å². The number of nitrogens with zero attached hydrogens (tertiary/aromatic N) is 2. The van der Waals surface area contributed by atoms with Crippen LogP contribution in [0.15, 0.2) is 70.5 Å². The maximum atomic E-state index is 11.8. The van der Waals surface area contributed by atoms with Crippen molar-refractivity contribution in [2.24, 2.45) is 5.10 Å². The van der Waals surface area contributed by atoms with Crippen LogP contribution in [0.2, 0.25) is 0 Å². The molecule has 1 N–H and O–H groups in total. The van der Waals surface area contributed by atoms with E-state index in [2.05, 4.69) is 31.4 Å². The van der Waals surface area contributed by atoms with Crippen molar-refractivity contribution in [1.82, 2.24) is 10.4 Å². The number of nitrogens with one attached hydrogen (secondary N) is 1. The molecule has 3 aromatic rings. The van der Waals surface area contributed by atoms with Gasteiger partial charge in [-0.15, -0.1) is 0 Å². The minimum absolute atomic E-state index is 0.120. The Hall–Kier alpha value is -2.73. The average Bonchev–Trinajstić information content (AvgIpc) is 2.62. The summed E-state index contributed by atoms with van der Waals surface area (Å²) in [7, 11) is 0. The fraction of sp³-hybridized carbons (Fsp3) is 0.0556. The van der Waals surface area contributed by atoms with Gasteiger partial charge in [-0.3, -0.25) is 9.78 Å². The van der Waals surface area contributed by atoms with Crippen LogP contribution in [-0.2, 0) is 4.79 Å². The number of fused-ring (bicyclic) bond motifs is 1. The summed E-state index contributed by atoms with van der Waals surface area (Å²) in [5.74, 6) is 0.280. The van der Waals surface area contributed by atoms with Gasteiger partial charge in [-0.2, -0.15) is 5.10 Å². The fourth-order valence-electron chi connectivity index (χ4n) is 2.13. The Bertz CT molecular complexity index is 882. The number of halogens is 1. The number of carbonyl (C=O) groups excluding carboxylic acids is 1. The van der Waals surface area contributed by atoms with E-state index in [4.69, 9.17) is 4.74 Å². The van der Waals surface area contributed by atoms with Gasteiger partial charge in [0.25, 0.3) is 5.91 Å². The summed E-state index contributed by atoms with van der Waals surface area (Å²) < 4.78 is 6.39. The van der Waals surface area contributed by atoms with E-state index in [1.54, 1.807) is 30.7 Å². The van der Waals surface area contributed by atoms with Crippen molar-refractivity contribution >= 4 is 38.8 Å². The number of benzene rings is 2. The van der Waals surface area contributed by atoms with Gasteiger partial charge in [0.1, 0.15) is 5.75 Å². The van der Waals surface area contributed by atoms with Gasteiger partial charge in [0.05, 0.1) is 10.7 Å². The number of carbonyl (C=O) groups is 1. The molecule has 0 aliphatic carbocycles. The first-order valence-electron chi connectivity index (χ1n) is 7.26. The lowest BCUT2D eigenvalue weighted by Crippen LogP contribution is -2.24. The summed E-state index contributed by atoms with van der Waals surface area (Å²) in [6.45, 7) is -0.120. The predicted molar refractivity (Wildman–Crippen MR) is 97.1 cm³/mol. The lowest BCUT2D eigenvalue weighted by Gasteiger charge is -2.09. The molecule has 0 unspecified atom stereocenters. The molecule has 0 radical (unpaired) electrons. The third kappa shape index (κ3) is 3.97. The summed E-state index contributed by atoms with van der Waals surface area (Å²) >= 11 is 3.52. The topological polar surface area (TPSA) is 63.6 Å². The molecule has 5 nitrogen and oxygen atoms in total. The average molecular weight is 384 g/mol. The van der Waals surface area contributed by atoms with Gasteiger partial charge in [0.2, 0.25) is 0 Å². The molecule has 6 heteroatoms. The second kappa shape index (κ2) is 7.70. The molecular formula is C18H14BrN3O2. The summed E-state index contributed by atoms with van der Waals surface area (Å²) in [5, 5.41) is 6.02. The third-order valence-electron chi connectivity index (χ3n) is 3.30. The molecule has 0 fully saturated rings. The van der Waals surface area contributed by atoms with Crippen molar-refractivity contribution in [2.75, 3.05) is 6.61 Å². The predicted octanol–water partition coefficient (Wildman–Crippen LogP) is 3.53. The fourth-order valence-corrected chi connectivity index (χ4v) is 2.74. The smallest absolute Gasteiger partial charge is 0.277 e. The van der Waals surface area contributed by atoms with Crippen molar-refractivity contribution in [3.63, 3.8) is 0 Å². The van der Waals surface area contributed by atoms with Gasteiger partial charge in [-0.05, 0) is 50.5 Å². The largest absolute Gasteiger partial charge is 0.483 e. The van der Waals surface area contributed by atoms with Crippen LogP contribution in [0.4, 0.5) is 0 Å². The molecule has 2 aromatic carbocycles. The number of hydrogen-bond acceptors (Lipinski definition) is 4. The van der Waals surface area contributed by atoms with Gasteiger partial charge in [0, 0.05) is 12.4 Å². The Kier molecular flexibility index (Phi) is 5.18. The van der Waals surface area contributed by atoms with E-state index in [1.807, 2.05) is 36.4 Å². The third-order valence-corrected chi connectivity index (χ3v) is 4.11. The van der Waals surface area contributed by atoms with E-state index in [0.29, 0.717) is 5.75 Å². The molecule has 24 heavy (non-hydrogen) atoms. The summed E-state index contributed by atoms with van der Waals surface area (Å²) in [4.78, 5) is 15.7. The van der Waals surface area contributed by atoms with Gasteiger partial charge < -0.3 is 4.74 Å². The molecule has 1 aromatic heterocycles. The zero-order chi connectivity index (χ0) is 16.8. The Morgan fingerprint density at radius 1 is 1.17 bits per heavy atom. The molecule has 0 atom stereocenters. The van der Waals surface area contributed by atoms with E-state index < -0.39 is 0 Å². The first kappa shape index (κ1) is 16.1. The standard InChI is InChI=1S/C18H14BrN3O2/c19-18-15-4-2-1-3-14(15)5-6-16(18)24-12-17(23)22-21-11-13-7-9-20-10-8-13/h1-11H,12H2,(H,22,23)/b21-11-. The van der Waals surface area contributed by atoms with Crippen LogP contribution in [-0.4, -0.2) is 23.7 Å². The van der Waals surface area contributed by atoms with Crippen LogP contribution < -0.4 is 10.2 Å². The van der Waals surface area contributed by atoms with Crippen molar-refractivity contribution < 1.29 is 9.53 Å². The second-order valence-electron chi connectivity index (χ2n) is 4.96. The van der Waals surface area contributed by atoms with Crippen molar-refractivity contribution in [3.8, 4) is 5.75 Å². The van der Waals surface area contributed by atoms with Crippen molar-refractivity contribution in [2.45, 2.75) is 0 Å². The number of ether oxygens (including phenoxy) is 1.